The fourth-order valence-electron chi connectivity index (χ4n) is 5.31. The van der Waals surface area contributed by atoms with Crippen molar-refractivity contribution in [1.29, 1.82) is 0 Å². The van der Waals surface area contributed by atoms with E-state index in [9.17, 15) is 9.59 Å². The highest BCUT2D eigenvalue weighted by molar-refractivity contribution is 6.33. The maximum atomic E-state index is 13.6. The van der Waals surface area contributed by atoms with E-state index in [-0.39, 0.29) is 5.91 Å². The lowest BCUT2D eigenvalue weighted by molar-refractivity contribution is -0.137. The normalized spacial score (nSPS) is 18.9. The van der Waals surface area contributed by atoms with Gasteiger partial charge in [-0.05, 0) is 76.8 Å². The van der Waals surface area contributed by atoms with Crippen molar-refractivity contribution < 1.29 is 14.3 Å². The monoisotopic (exact) mass is 537 g/mol. The predicted molar refractivity (Wildman–Crippen MR) is 151 cm³/mol. The Bertz CT molecular complexity index is 1280. The number of aromatic amines is 1. The summed E-state index contributed by atoms with van der Waals surface area (Å²) >= 11 is 6.59. The van der Waals surface area contributed by atoms with Crippen LogP contribution in [0.1, 0.15) is 46.5 Å². The molecule has 38 heavy (non-hydrogen) atoms. The van der Waals surface area contributed by atoms with Crippen LogP contribution in [0, 0.1) is 0 Å². The second kappa shape index (κ2) is 10.8. The Labute approximate surface area is 228 Å². The van der Waals surface area contributed by atoms with Gasteiger partial charge in [0, 0.05) is 44.0 Å². The third kappa shape index (κ3) is 5.75. The Kier molecular flexibility index (Phi) is 7.52. The summed E-state index contributed by atoms with van der Waals surface area (Å²) in [5.41, 5.74) is 3.18. The summed E-state index contributed by atoms with van der Waals surface area (Å²) in [6.07, 6.45) is 2.95. The minimum Gasteiger partial charge on any atom is -0.444 e. The SMILES string of the molecule is CC(C)(C)OC(=O)N1CCCC[C@H]1C(=O)N1CCCN(c2ccc(Cl)c(-c3nc4ccccc4[nH]3)c2)CC1. The van der Waals surface area contributed by atoms with Crippen LogP contribution < -0.4 is 4.90 Å². The number of H-pyrrole nitrogens is 1. The molecule has 1 N–H and O–H groups in total. The van der Waals surface area contributed by atoms with Crippen LogP contribution in [-0.2, 0) is 9.53 Å². The number of benzene rings is 2. The molecule has 3 heterocycles. The number of hydrogen-bond acceptors (Lipinski definition) is 5. The first-order valence-corrected chi connectivity index (χ1v) is 13.9. The number of carbonyl (C=O) groups is 2. The number of ether oxygens (including phenoxy) is 1. The highest BCUT2D eigenvalue weighted by atomic mass is 35.5. The largest absolute Gasteiger partial charge is 0.444 e. The standard InChI is InChI=1S/C29H36ClN5O3/c1-29(2,3)38-28(37)35-16-7-6-11-25(35)27(36)34-15-8-14-33(17-18-34)20-12-13-22(30)21(19-20)26-31-23-9-4-5-10-24(23)32-26/h4-5,9-10,12-13,19,25H,6-8,11,14-18H2,1-3H3,(H,31,32)/t25-/m0/s1. The second-order valence-electron chi connectivity index (χ2n) is 11.1. The van der Waals surface area contributed by atoms with Gasteiger partial charge in [0.25, 0.3) is 0 Å². The van der Waals surface area contributed by atoms with Crippen LogP contribution in [0.3, 0.4) is 0 Å². The molecule has 5 rings (SSSR count). The fourth-order valence-corrected chi connectivity index (χ4v) is 5.51. The molecule has 202 valence electrons. The average molecular weight is 538 g/mol. The van der Waals surface area contributed by atoms with E-state index in [1.54, 1.807) is 4.90 Å². The lowest BCUT2D eigenvalue weighted by atomic mass is 10.0. The van der Waals surface area contributed by atoms with Crippen molar-refractivity contribution in [2.24, 2.45) is 0 Å². The molecule has 1 atom stereocenters. The van der Waals surface area contributed by atoms with Crippen LogP contribution in [0.4, 0.5) is 10.5 Å². The number of nitrogens with zero attached hydrogens (tertiary/aromatic N) is 4. The van der Waals surface area contributed by atoms with Crippen LogP contribution in [0.25, 0.3) is 22.4 Å². The molecule has 0 spiro atoms. The molecule has 0 radical (unpaired) electrons. The molecule has 0 saturated carbocycles. The van der Waals surface area contributed by atoms with Crippen LogP contribution in [0.5, 0.6) is 0 Å². The Hall–Kier alpha value is -3.26. The number of carbonyl (C=O) groups excluding carboxylic acids is 2. The molecule has 2 aliphatic rings. The van der Waals surface area contributed by atoms with E-state index in [0.717, 1.165) is 53.9 Å². The Balaban J connectivity index is 1.29. The number of para-hydroxylation sites is 2. The van der Waals surface area contributed by atoms with E-state index < -0.39 is 17.7 Å². The van der Waals surface area contributed by atoms with Gasteiger partial charge >= 0.3 is 6.09 Å². The summed E-state index contributed by atoms with van der Waals surface area (Å²) in [4.78, 5) is 40.4. The van der Waals surface area contributed by atoms with E-state index in [2.05, 4.69) is 16.0 Å². The average Bonchev–Trinajstić information content (AvgIpc) is 3.17. The minimum atomic E-state index is -0.592. The van der Waals surface area contributed by atoms with Crippen LogP contribution in [-0.4, -0.2) is 76.1 Å². The lowest BCUT2D eigenvalue weighted by Gasteiger charge is -2.38. The van der Waals surface area contributed by atoms with E-state index in [1.165, 1.54) is 0 Å². The number of likely N-dealkylation sites (tertiary alicyclic amines) is 1. The van der Waals surface area contributed by atoms with E-state index in [4.69, 9.17) is 21.3 Å². The number of anilines is 1. The highest BCUT2D eigenvalue weighted by Gasteiger charge is 2.37. The van der Waals surface area contributed by atoms with Crippen molar-refractivity contribution in [1.82, 2.24) is 19.8 Å². The summed E-state index contributed by atoms with van der Waals surface area (Å²) in [5, 5.41) is 0.638. The van der Waals surface area contributed by atoms with E-state index >= 15 is 0 Å². The van der Waals surface area contributed by atoms with Gasteiger partial charge < -0.3 is 19.5 Å². The summed E-state index contributed by atoms with van der Waals surface area (Å²) in [6, 6.07) is 13.5. The van der Waals surface area contributed by atoms with Gasteiger partial charge in [0.15, 0.2) is 0 Å². The molecular weight excluding hydrogens is 502 g/mol. The Morgan fingerprint density at radius 2 is 1.82 bits per heavy atom. The smallest absolute Gasteiger partial charge is 0.410 e. The number of piperidine rings is 1. The molecule has 0 aliphatic carbocycles. The lowest BCUT2D eigenvalue weighted by Crippen LogP contribution is -2.54. The maximum absolute atomic E-state index is 13.6. The number of nitrogens with one attached hydrogen (secondary N) is 1. The van der Waals surface area contributed by atoms with E-state index in [1.807, 2.05) is 62.1 Å². The van der Waals surface area contributed by atoms with Crippen molar-refractivity contribution in [2.75, 3.05) is 37.6 Å². The van der Waals surface area contributed by atoms with Crippen molar-refractivity contribution in [3.8, 4) is 11.4 Å². The Morgan fingerprint density at radius 3 is 2.61 bits per heavy atom. The predicted octanol–water partition coefficient (Wildman–Crippen LogP) is 5.71. The molecule has 2 saturated heterocycles. The van der Waals surface area contributed by atoms with Crippen LogP contribution in [0.15, 0.2) is 42.5 Å². The molecule has 0 unspecified atom stereocenters. The van der Waals surface area contributed by atoms with Gasteiger partial charge in [0.1, 0.15) is 17.5 Å². The van der Waals surface area contributed by atoms with Gasteiger partial charge in [-0.1, -0.05) is 23.7 Å². The Morgan fingerprint density at radius 1 is 1.00 bits per heavy atom. The quantitative estimate of drug-likeness (QED) is 0.462. The maximum Gasteiger partial charge on any atom is 0.410 e. The molecular formula is C29H36ClN5O3. The van der Waals surface area contributed by atoms with Crippen molar-refractivity contribution in [2.45, 2.75) is 58.1 Å². The molecule has 2 amide bonds. The van der Waals surface area contributed by atoms with Gasteiger partial charge in [-0.15, -0.1) is 0 Å². The van der Waals surface area contributed by atoms with Crippen molar-refractivity contribution >= 4 is 40.3 Å². The van der Waals surface area contributed by atoms with Crippen LogP contribution >= 0.6 is 11.6 Å². The topological polar surface area (TPSA) is 81.8 Å². The summed E-state index contributed by atoms with van der Waals surface area (Å²) in [7, 11) is 0. The zero-order valence-corrected chi connectivity index (χ0v) is 23.1. The molecule has 8 nitrogen and oxygen atoms in total. The molecule has 2 aliphatic heterocycles. The zero-order chi connectivity index (χ0) is 26.9. The number of hydrogen-bond donors (Lipinski definition) is 1. The highest BCUT2D eigenvalue weighted by Crippen LogP contribution is 2.32. The fraction of sp³-hybridized carbons (Fsp3) is 0.483. The van der Waals surface area contributed by atoms with Crippen molar-refractivity contribution in [3.63, 3.8) is 0 Å². The van der Waals surface area contributed by atoms with Gasteiger partial charge in [0.2, 0.25) is 5.91 Å². The first-order chi connectivity index (χ1) is 18.2. The number of fused-ring (bicyclic) bond motifs is 1. The minimum absolute atomic E-state index is 0.0245. The number of aromatic nitrogens is 2. The number of rotatable bonds is 3. The third-order valence-corrected chi connectivity index (χ3v) is 7.51. The third-order valence-electron chi connectivity index (χ3n) is 7.18. The zero-order valence-electron chi connectivity index (χ0n) is 22.4. The number of amides is 2. The van der Waals surface area contributed by atoms with Gasteiger partial charge in [0.05, 0.1) is 16.1 Å². The molecule has 9 heteroatoms. The second-order valence-corrected chi connectivity index (χ2v) is 11.5. The molecule has 2 fully saturated rings. The molecule has 3 aromatic rings. The molecule has 0 bridgehead atoms. The van der Waals surface area contributed by atoms with Crippen molar-refractivity contribution in [3.05, 3.63) is 47.5 Å². The first kappa shape index (κ1) is 26.4. The first-order valence-electron chi connectivity index (χ1n) is 13.5. The number of imidazole rings is 1. The molecule has 1 aromatic heterocycles. The summed E-state index contributed by atoms with van der Waals surface area (Å²) in [6.45, 7) is 8.90. The van der Waals surface area contributed by atoms with Gasteiger partial charge in [-0.2, -0.15) is 0 Å². The van der Waals surface area contributed by atoms with Gasteiger partial charge in [-0.3, -0.25) is 9.69 Å². The van der Waals surface area contributed by atoms with Gasteiger partial charge in [-0.25, -0.2) is 9.78 Å². The summed E-state index contributed by atoms with van der Waals surface area (Å²) in [5.74, 6) is 0.765. The summed E-state index contributed by atoms with van der Waals surface area (Å²) < 4.78 is 5.61. The van der Waals surface area contributed by atoms with E-state index in [0.29, 0.717) is 37.6 Å². The molecule has 2 aromatic carbocycles. The number of halogens is 1. The van der Waals surface area contributed by atoms with Crippen LogP contribution in [0.2, 0.25) is 5.02 Å².